The average Bonchev–Trinajstić information content (AvgIpc) is 2.61. The van der Waals surface area contributed by atoms with Gasteiger partial charge in [0.25, 0.3) is 0 Å². The monoisotopic (exact) mass is 311 g/mol. The number of para-hydroxylation sites is 1. The molecule has 6 nitrogen and oxygen atoms in total. The number of piperazine rings is 1. The highest BCUT2D eigenvalue weighted by Crippen LogP contribution is 2.24. The molecule has 1 saturated heterocycles. The molecule has 120 valence electrons. The number of aromatic nitrogens is 2. The predicted molar refractivity (Wildman–Crippen MR) is 91.1 cm³/mol. The molecule has 0 atom stereocenters. The van der Waals surface area contributed by atoms with Crippen molar-refractivity contribution in [3.8, 4) is 0 Å². The number of benzene rings is 1. The van der Waals surface area contributed by atoms with Crippen molar-refractivity contribution in [2.75, 3.05) is 43.0 Å². The van der Waals surface area contributed by atoms with E-state index < -0.39 is 0 Å². The van der Waals surface area contributed by atoms with Crippen LogP contribution in [0.1, 0.15) is 5.69 Å². The fourth-order valence-corrected chi connectivity index (χ4v) is 2.66. The molecule has 1 aromatic carbocycles. The number of anilines is 3. The van der Waals surface area contributed by atoms with Gasteiger partial charge < -0.3 is 14.7 Å². The van der Waals surface area contributed by atoms with E-state index >= 15 is 0 Å². The first-order valence-electron chi connectivity index (χ1n) is 7.76. The van der Waals surface area contributed by atoms with Crippen LogP contribution in [0.3, 0.4) is 0 Å². The largest absolute Gasteiger partial charge is 0.342 e. The summed E-state index contributed by atoms with van der Waals surface area (Å²) in [6, 6.07) is 12.1. The highest BCUT2D eigenvalue weighted by molar-refractivity contribution is 5.60. The van der Waals surface area contributed by atoms with Gasteiger partial charge in [0, 0.05) is 50.7 Å². The summed E-state index contributed by atoms with van der Waals surface area (Å²) >= 11 is 0. The molecule has 1 fully saturated rings. The molecule has 2 aromatic rings. The van der Waals surface area contributed by atoms with Crippen molar-refractivity contribution in [2.24, 2.45) is 0 Å². The van der Waals surface area contributed by atoms with Gasteiger partial charge in [-0.05, 0) is 19.1 Å². The molecule has 1 aliphatic heterocycles. The van der Waals surface area contributed by atoms with E-state index in [1.807, 2.05) is 38.2 Å². The first kappa shape index (κ1) is 15.3. The number of carbonyl (C=O) groups is 1. The molecular weight excluding hydrogens is 290 g/mol. The molecule has 0 aliphatic carbocycles. The lowest BCUT2D eigenvalue weighted by molar-refractivity contribution is -0.118. The Morgan fingerprint density at radius 2 is 1.78 bits per heavy atom. The number of hydrogen-bond donors (Lipinski definition) is 0. The van der Waals surface area contributed by atoms with Gasteiger partial charge in [-0.2, -0.15) is 4.98 Å². The van der Waals surface area contributed by atoms with Crippen LogP contribution in [-0.4, -0.2) is 54.5 Å². The fourth-order valence-electron chi connectivity index (χ4n) is 2.66. The predicted octanol–water partition coefficient (Wildman–Crippen LogP) is 1.83. The second-order valence-electron chi connectivity index (χ2n) is 5.69. The standard InChI is InChI=1S/C17H21N5O/c1-14-12-16(20(2)15-6-4-3-5-7-15)19-17(18-14)22-10-8-21(13-23)9-11-22/h3-7,12-13H,8-11H2,1-2H3. The van der Waals surface area contributed by atoms with E-state index in [0.29, 0.717) is 13.1 Å². The van der Waals surface area contributed by atoms with Crippen LogP contribution in [0.2, 0.25) is 0 Å². The number of hydrogen-bond acceptors (Lipinski definition) is 5. The lowest BCUT2D eigenvalue weighted by Gasteiger charge is -2.33. The Kier molecular flexibility index (Phi) is 4.41. The Morgan fingerprint density at radius 3 is 2.43 bits per heavy atom. The Bertz CT molecular complexity index is 668. The van der Waals surface area contributed by atoms with Crippen LogP contribution in [-0.2, 0) is 4.79 Å². The quantitative estimate of drug-likeness (QED) is 0.806. The minimum Gasteiger partial charge on any atom is -0.342 e. The van der Waals surface area contributed by atoms with Gasteiger partial charge in [-0.25, -0.2) is 4.98 Å². The number of carbonyl (C=O) groups excluding carboxylic acids is 1. The number of nitrogens with zero attached hydrogens (tertiary/aromatic N) is 5. The van der Waals surface area contributed by atoms with Crippen molar-refractivity contribution in [3.05, 3.63) is 42.1 Å². The lowest BCUT2D eigenvalue weighted by Crippen LogP contribution is -2.46. The van der Waals surface area contributed by atoms with E-state index in [1.165, 1.54) is 0 Å². The minimum absolute atomic E-state index is 0.713. The van der Waals surface area contributed by atoms with Crippen LogP contribution in [0.25, 0.3) is 0 Å². The first-order chi connectivity index (χ1) is 11.2. The Hall–Kier alpha value is -2.63. The van der Waals surface area contributed by atoms with E-state index in [9.17, 15) is 4.79 Å². The molecule has 0 saturated carbocycles. The van der Waals surface area contributed by atoms with Crippen molar-refractivity contribution >= 4 is 23.9 Å². The first-order valence-corrected chi connectivity index (χ1v) is 7.76. The zero-order valence-electron chi connectivity index (χ0n) is 13.5. The molecular formula is C17H21N5O. The molecule has 0 radical (unpaired) electrons. The number of amides is 1. The second-order valence-corrected chi connectivity index (χ2v) is 5.69. The summed E-state index contributed by atoms with van der Waals surface area (Å²) in [6.07, 6.45) is 0.906. The molecule has 0 N–H and O–H groups in total. The highest BCUT2D eigenvalue weighted by Gasteiger charge is 2.19. The Labute approximate surface area is 136 Å². The maximum Gasteiger partial charge on any atom is 0.227 e. The zero-order chi connectivity index (χ0) is 16.2. The average molecular weight is 311 g/mol. The Morgan fingerprint density at radius 1 is 1.09 bits per heavy atom. The van der Waals surface area contributed by atoms with Crippen LogP contribution in [0, 0.1) is 6.92 Å². The summed E-state index contributed by atoms with van der Waals surface area (Å²) in [5, 5.41) is 0. The third-order valence-electron chi connectivity index (χ3n) is 4.06. The van der Waals surface area contributed by atoms with Crippen LogP contribution < -0.4 is 9.80 Å². The molecule has 0 unspecified atom stereocenters. The normalized spacial score (nSPS) is 14.7. The maximum atomic E-state index is 10.8. The number of rotatable bonds is 4. The summed E-state index contributed by atoms with van der Waals surface area (Å²) in [6.45, 7) is 4.93. The molecule has 1 amide bonds. The van der Waals surface area contributed by atoms with Crippen LogP contribution >= 0.6 is 0 Å². The van der Waals surface area contributed by atoms with Crippen molar-refractivity contribution in [2.45, 2.75) is 6.92 Å². The van der Waals surface area contributed by atoms with Crippen molar-refractivity contribution < 1.29 is 4.79 Å². The third-order valence-corrected chi connectivity index (χ3v) is 4.06. The van der Waals surface area contributed by atoms with Gasteiger partial charge in [0.2, 0.25) is 12.4 Å². The molecule has 0 bridgehead atoms. The van der Waals surface area contributed by atoms with E-state index in [0.717, 1.165) is 42.6 Å². The maximum absolute atomic E-state index is 10.8. The number of aryl methyl sites for hydroxylation is 1. The molecule has 0 spiro atoms. The van der Waals surface area contributed by atoms with Gasteiger partial charge in [0.15, 0.2) is 0 Å². The van der Waals surface area contributed by atoms with Gasteiger partial charge in [0.05, 0.1) is 0 Å². The molecule has 23 heavy (non-hydrogen) atoms. The van der Waals surface area contributed by atoms with E-state index in [2.05, 4.69) is 26.9 Å². The third kappa shape index (κ3) is 3.41. The van der Waals surface area contributed by atoms with Crippen LogP contribution in [0.5, 0.6) is 0 Å². The van der Waals surface area contributed by atoms with Gasteiger partial charge in [-0.1, -0.05) is 18.2 Å². The van der Waals surface area contributed by atoms with E-state index in [1.54, 1.807) is 4.90 Å². The summed E-state index contributed by atoms with van der Waals surface area (Å²) in [5.74, 6) is 1.60. The smallest absolute Gasteiger partial charge is 0.227 e. The van der Waals surface area contributed by atoms with Crippen molar-refractivity contribution in [1.82, 2.24) is 14.9 Å². The van der Waals surface area contributed by atoms with Gasteiger partial charge >= 0.3 is 0 Å². The summed E-state index contributed by atoms with van der Waals surface area (Å²) < 4.78 is 0. The molecule has 1 aromatic heterocycles. The SMILES string of the molecule is Cc1cc(N(C)c2ccccc2)nc(N2CCN(C=O)CC2)n1. The summed E-state index contributed by atoms with van der Waals surface area (Å²) in [5.41, 5.74) is 2.02. The Balaban J connectivity index is 1.83. The topological polar surface area (TPSA) is 52.6 Å². The van der Waals surface area contributed by atoms with Crippen LogP contribution in [0.15, 0.2) is 36.4 Å². The molecule has 2 heterocycles. The molecule has 6 heteroatoms. The highest BCUT2D eigenvalue weighted by atomic mass is 16.1. The van der Waals surface area contributed by atoms with Crippen LogP contribution in [0.4, 0.5) is 17.5 Å². The summed E-state index contributed by atoms with van der Waals surface area (Å²) in [7, 11) is 2.01. The van der Waals surface area contributed by atoms with Gasteiger partial charge in [-0.15, -0.1) is 0 Å². The van der Waals surface area contributed by atoms with Crippen molar-refractivity contribution in [3.63, 3.8) is 0 Å². The summed E-state index contributed by atoms with van der Waals surface area (Å²) in [4.78, 5) is 26.1. The zero-order valence-corrected chi connectivity index (χ0v) is 13.5. The minimum atomic E-state index is 0.713. The van der Waals surface area contributed by atoms with E-state index in [4.69, 9.17) is 4.98 Å². The van der Waals surface area contributed by atoms with Gasteiger partial charge in [0.1, 0.15) is 5.82 Å². The molecule has 1 aliphatic rings. The van der Waals surface area contributed by atoms with E-state index in [-0.39, 0.29) is 0 Å². The van der Waals surface area contributed by atoms with Crippen molar-refractivity contribution in [1.29, 1.82) is 0 Å². The lowest BCUT2D eigenvalue weighted by atomic mass is 10.3. The fraction of sp³-hybridized carbons (Fsp3) is 0.353. The molecule has 3 rings (SSSR count). The second kappa shape index (κ2) is 6.64. The van der Waals surface area contributed by atoms with Gasteiger partial charge in [-0.3, -0.25) is 4.79 Å².